The maximum absolute atomic E-state index is 5.64. The fraction of sp³-hybridized carbons (Fsp3) is 0.571. The zero-order chi connectivity index (χ0) is 11.5. The molecule has 3 heteroatoms. The Morgan fingerprint density at radius 2 is 2.00 bits per heavy atom. The Balaban J connectivity index is 1.45. The van der Waals surface area contributed by atoms with Crippen molar-refractivity contribution in [2.45, 2.75) is 25.5 Å². The smallest absolute Gasteiger partial charge is 0.0933 e. The zero-order valence-corrected chi connectivity index (χ0v) is 10.1. The van der Waals surface area contributed by atoms with Gasteiger partial charge in [-0.05, 0) is 37.4 Å². The second kappa shape index (κ2) is 5.17. The van der Waals surface area contributed by atoms with Crippen molar-refractivity contribution in [3.8, 4) is 0 Å². The van der Waals surface area contributed by atoms with Gasteiger partial charge in [-0.3, -0.25) is 4.84 Å². The normalized spacial score (nSPS) is 31.6. The van der Waals surface area contributed by atoms with Gasteiger partial charge in [-0.15, -0.1) is 0 Å². The highest BCUT2D eigenvalue weighted by atomic mass is 16.6. The average molecular weight is 232 g/mol. The molecule has 0 radical (unpaired) electrons. The van der Waals surface area contributed by atoms with E-state index in [0.717, 1.165) is 5.92 Å². The topological polar surface area (TPSA) is 24.5 Å². The molecule has 2 heterocycles. The van der Waals surface area contributed by atoms with E-state index in [0.29, 0.717) is 12.6 Å². The first kappa shape index (κ1) is 11.2. The van der Waals surface area contributed by atoms with E-state index in [1.807, 2.05) is 18.2 Å². The summed E-state index contributed by atoms with van der Waals surface area (Å²) < 4.78 is 0. The van der Waals surface area contributed by atoms with Crippen LogP contribution < -0.4 is 5.48 Å². The highest BCUT2D eigenvalue weighted by Gasteiger charge is 2.34. The van der Waals surface area contributed by atoms with E-state index in [4.69, 9.17) is 4.84 Å². The van der Waals surface area contributed by atoms with Gasteiger partial charge in [-0.2, -0.15) is 5.48 Å². The van der Waals surface area contributed by atoms with Gasteiger partial charge in [-0.1, -0.05) is 30.3 Å². The van der Waals surface area contributed by atoms with Crippen LogP contribution in [-0.4, -0.2) is 30.6 Å². The Bertz CT molecular complexity index is 354. The number of hydroxylamine groups is 1. The Labute approximate surface area is 103 Å². The van der Waals surface area contributed by atoms with Crippen LogP contribution in [0.3, 0.4) is 0 Å². The van der Waals surface area contributed by atoms with Crippen molar-refractivity contribution in [2.24, 2.45) is 5.92 Å². The summed E-state index contributed by atoms with van der Waals surface area (Å²) in [5.41, 5.74) is 4.50. The number of hydrogen-bond donors (Lipinski definition) is 1. The van der Waals surface area contributed by atoms with Crippen LogP contribution in [0.1, 0.15) is 18.4 Å². The molecule has 92 valence electrons. The van der Waals surface area contributed by atoms with Crippen molar-refractivity contribution >= 4 is 0 Å². The maximum atomic E-state index is 5.64. The number of nitrogens with zero attached hydrogens (tertiary/aromatic N) is 1. The standard InChI is InChI=1S/C14H20N2O/c1-2-4-12(5-3-1)11-17-15-14-7-9-16-8-6-13(14)10-16/h1-5,13-15H,6-11H2. The van der Waals surface area contributed by atoms with Gasteiger partial charge in [0.05, 0.1) is 6.61 Å². The third-order valence-corrected chi connectivity index (χ3v) is 3.95. The summed E-state index contributed by atoms with van der Waals surface area (Å²) in [6.07, 6.45) is 2.55. The molecule has 1 N–H and O–H groups in total. The molecular weight excluding hydrogens is 212 g/mol. The van der Waals surface area contributed by atoms with E-state index in [2.05, 4.69) is 22.5 Å². The Morgan fingerprint density at radius 3 is 2.88 bits per heavy atom. The molecule has 2 aliphatic rings. The first-order valence-corrected chi connectivity index (χ1v) is 6.55. The molecule has 2 bridgehead atoms. The van der Waals surface area contributed by atoms with Gasteiger partial charge in [0.25, 0.3) is 0 Å². The van der Waals surface area contributed by atoms with Crippen LogP contribution in [0.2, 0.25) is 0 Å². The quantitative estimate of drug-likeness (QED) is 0.801. The Morgan fingerprint density at radius 1 is 1.18 bits per heavy atom. The summed E-state index contributed by atoms with van der Waals surface area (Å²) in [5.74, 6) is 0.791. The minimum atomic E-state index is 0.553. The molecule has 3 atom stereocenters. The minimum absolute atomic E-state index is 0.553. The minimum Gasteiger partial charge on any atom is -0.303 e. The molecule has 3 rings (SSSR count). The second-order valence-corrected chi connectivity index (χ2v) is 5.14. The first-order valence-electron chi connectivity index (χ1n) is 6.55. The van der Waals surface area contributed by atoms with Crippen molar-refractivity contribution < 1.29 is 4.84 Å². The molecule has 3 unspecified atom stereocenters. The second-order valence-electron chi connectivity index (χ2n) is 5.14. The average Bonchev–Trinajstić information content (AvgIpc) is 2.76. The number of nitrogens with one attached hydrogen (secondary N) is 1. The number of fused-ring (bicyclic) bond motifs is 2. The zero-order valence-electron chi connectivity index (χ0n) is 10.1. The molecule has 2 aliphatic heterocycles. The molecule has 0 saturated carbocycles. The van der Waals surface area contributed by atoms with Crippen molar-refractivity contribution in [3.05, 3.63) is 35.9 Å². The van der Waals surface area contributed by atoms with Gasteiger partial charge in [0.2, 0.25) is 0 Å². The fourth-order valence-electron chi connectivity index (χ4n) is 2.91. The molecule has 17 heavy (non-hydrogen) atoms. The molecule has 1 aromatic rings. The van der Waals surface area contributed by atoms with Gasteiger partial charge >= 0.3 is 0 Å². The van der Waals surface area contributed by atoms with Crippen LogP contribution in [-0.2, 0) is 11.4 Å². The predicted molar refractivity (Wildman–Crippen MR) is 67.3 cm³/mol. The fourth-order valence-corrected chi connectivity index (χ4v) is 2.91. The molecule has 0 aromatic heterocycles. The van der Waals surface area contributed by atoms with Crippen molar-refractivity contribution in [2.75, 3.05) is 19.6 Å². The summed E-state index contributed by atoms with van der Waals surface area (Å²) in [4.78, 5) is 8.20. The van der Waals surface area contributed by atoms with Gasteiger partial charge in [0.1, 0.15) is 0 Å². The van der Waals surface area contributed by atoms with Crippen LogP contribution in [0.4, 0.5) is 0 Å². The lowest BCUT2D eigenvalue weighted by Gasteiger charge is -2.30. The molecule has 0 amide bonds. The number of piperidine rings is 1. The van der Waals surface area contributed by atoms with Crippen LogP contribution in [0.5, 0.6) is 0 Å². The largest absolute Gasteiger partial charge is 0.303 e. The summed E-state index contributed by atoms with van der Waals surface area (Å²) in [5, 5.41) is 0. The molecule has 3 nitrogen and oxygen atoms in total. The lowest BCUT2D eigenvalue weighted by atomic mass is 9.95. The van der Waals surface area contributed by atoms with E-state index < -0.39 is 0 Å². The van der Waals surface area contributed by atoms with Gasteiger partial charge in [0, 0.05) is 12.6 Å². The lowest BCUT2D eigenvalue weighted by Crippen LogP contribution is -2.43. The number of hydrogen-bond acceptors (Lipinski definition) is 3. The van der Waals surface area contributed by atoms with Crippen molar-refractivity contribution in [3.63, 3.8) is 0 Å². The molecule has 0 spiro atoms. The SMILES string of the molecule is c1ccc(CONC2CCN3CCC2C3)cc1. The number of rotatable bonds is 4. The summed E-state index contributed by atoms with van der Waals surface area (Å²) >= 11 is 0. The molecule has 0 aliphatic carbocycles. The third-order valence-electron chi connectivity index (χ3n) is 3.95. The monoisotopic (exact) mass is 232 g/mol. The van der Waals surface area contributed by atoms with Gasteiger partial charge in [0.15, 0.2) is 0 Å². The summed E-state index contributed by atoms with van der Waals surface area (Å²) in [7, 11) is 0. The molecule has 2 fully saturated rings. The van der Waals surface area contributed by atoms with Crippen LogP contribution in [0.25, 0.3) is 0 Å². The third kappa shape index (κ3) is 2.68. The van der Waals surface area contributed by atoms with E-state index >= 15 is 0 Å². The summed E-state index contributed by atoms with van der Waals surface area (Å²) in [6, 6.07) is 10.9. The first-order chi connectivity index (χ1) is 8.42. The summed E-state index contributed by atoms with van der Waals surface area (Å²) in [6.45, 7) is 4.42. The maximum Gasteiger partial charge on any atom is 0.0933 e. The van der Waals surface area contributed by atoms with Crippen LogP contribution in [0, 0.1) is 5.92 Å². The number of benzene rings is 1. The van der Waals surface area contributed by atoms with Crippen molar-refractivity contribution in [1.82, 2.24) is 10.4 Å². The highest BCUT2D eigenvalue weighted by molar-refractivity contribution is 5.13. The molecular formula is C14H20N2O. The predicted octanol–water partition coefficient (Wildman–Crippen LogP) is 1.80. The molecule has 1 aromatic carbocycles. The van der Waals surface area contributed by atoms with E-state index in [1.165, 1.54) is 38.0 Å². The van der Waals surface area contributed by atoms with Crippen molar-refractivity contribution in [1.29, 1.82) is 0 Å². The Hall–Kier alpha value is -0.900. The van der Waals surface area contributed by atoms with E-state index in [-0.39, 0.29) is 0 Å². The molecule has 2 saturated heterocycles. The highest BCUT2D eigenvalue weighted by Crippen LogP contribution is 2.26. The lowest BCUT2D eigenvalue weighted by molar-refractivity contribution is -0.0188. The van der Waals surface area contributed by atoms with E-state index in [1.54, 1.807) is 0 Å². The van der Waals surface area contributed by atoms with Gasteiger partial charge in [-0.25, -0.2) is 0 Å². The van der Waals surface area contributed by atoms with Crippen LogP contribution >= 0.6 is 0 Å². The Kier molecular flexibility index (Phi) is 3.41. The van der Waals surface area contributed by atoms with Crippen LogP contribution in [0.15, 0.2) is 30.3 Å². The van der Waals surface area contributed by atoms with E-state index in [9.17, 15) is 0 Å². The van der Waals surface area contributed by atoms with Gasteiger partial charge < -0.3 is 4.90 Å².